The van der Waals surface area contributed by atoms with Gasteiger partial charge in [0.05, 0.1) is 6.26 Å². The van der Waals surface area contributed by atoms with Crippen molar-refractivity contribution in [1.82, 2.24) is 0 Å². The van der Waals surface area contributed by atoms with Crippen LogP contribution in [0.3, 0.4) is 0 Å². The topological polar surface area (TPSA) is 59.4 Å². The summed E-state index contributed by atoms with van der Waals surface area (Å²) in [6.07, 6.45) is 11.1. The average molecular weight is 251 g/mol. The Morgan fingerprint density at radius 3 is 2.83 bits per heavy atom. The van der Waals surface area contributed by atoms with Gasteiger partial charge < -0.3 is 15.3 Å². The van der Waals surface area contributed by atoms with Crippen LogP contribution in [0.2, 0.25) is 0 Å². The quantitative estimate of drug-likeness (QED) is 0.816. The normalized spacial score (nSPS) is 19.0. The van der Waals surface area contributed by atoms with Crippen LogP contribution in [0.5, 0.6) is 0 Å². The van der Waals surface area contributed by atoms with Crippen LogP contribution >= 0.6 is 0 Å². The fourth-order valence-corrected chi connectivity index (χ4v) is 2.85. The van der Waals surface area contributed by atoms with E-state index in [4.69, 9.17) is 10.2 Å². The van der Waals surface area contributed by atoms with Crippen LogP contribution in [-0.4, -0.2) is 11.7 Å². The molecule has 3 heteroatoms. The number of rotatable bonds is 6. The molecule has 1 fully saturated rings. The standard InChI is InChI=1S/C15H25NO2/c16-9-8-14(17)15-10-13(11-18-15)7-6-12-4-2-1-3-5-12/h10-12,14,17H,1-9,16H2. The Hall–Kier alpha value is -0.800. The van der Waals surface area contributed by atoms with Gasteiger partial charge >= 0.3 is 0 Å². The maximum atomic E-state index is 9.78. The minimum absolute atomic E-state index is 0.485. The number of furan rings is 1. The van der Waals surface area contributed by atoms with Crippen molar-refractivity contribution in [2.24, 2.45) is 11.7 Å². The maximum Gasteiger partial charge on any atom is 0.132 e. The maximum absolute atomic E-state index is 9.78. The Labute approximate surface area is 109 Å². The van der Waals surface area contributed by atoms with Crippen molar-refractivity contribution in [2.75, 3.05) is 6.54 Å². The fraction of sp³-hybridized carbons (Fsp3) is 0.733. The second-order valence-corrected chi connectivity index (χ2v) is 5.49. The van der Waals surface area contributed by atoms with Crippen molar-refractivity contribution in [2.45, 2.75) is 57.5 Å². The number of aryl methyl sites for hydroxylation is 1. The molecule has 0 amide bonds. The number of hydrogen-bond donors (Lipinski definition) is 2. The molecule has 1 aliphatic carbocycles. The molecule has 1 atom stereocenters. The smallest absolute Gasteiger partial charge is 0.132 e. The molecule has 0 bridgehead atoms. The summed E-state index contributed by atoms with van der Waals surface area (Å²) in [6, 6.07) is 1.99. The van der Waals surface area contributed by atoms with E-state index in [9.17, 15) is 5.11 Å². The summed E-state index contributed by atoms with van der Waals surface area (Å²) in [5, 5.41) is 9.78. The minimum Gasteiger partial charge on any atom is -0.466 e. The molecule has 0 saturated heterocycles. The summed E-state index contributed by atoms with van der Waals surface area (Å²) in [7, 11) is 0. The molecule has 1 saturated carbocycles. The zero-order valence-corrected chi connectivity index (χ0v) is 11.1. The van der Waals surface area contributed by atoms with Crippen LogP contribution in [0.15, 0.2) is 16.7 Å². The lowest BCUT2D eigenvalue weighted by molar-refractivity contribution is 0.143. The molecule has 0 aliphatic heterocycles. The summed E-state index contributed by atoms with van der Waals surface area (Å²) in [5.41, 5.74) is 6.64. The molecule has 2 rings (SSSR count). The Balaban J connectivity index is 1.79. The molecule has 0 spiro atoms. The van der Waals surface area contributed by atoms with Gasteiger partial charge in [-0.2, -0.15) is 0 Å². The third kappa shape index (κ3) is 3.85. The Kier molecular flexibility index (Phi) is 5.26. The number of aliphatic hydroxyl groups is 1. The van der Waals surface area contributed by atoms with Gasteiger partial charge in [0, 0.05) is 0 Å². The Bertz CT molecular complexity index is 342. The van der Waals surface area contributed by atoms with Gasteiger partial charge in [-0.1, -0.05) is 32.1 Å². The third-order valence-corrected chi connectivity index (χ3v) is 4.01. The first kappa shape index (κ1) is 13.6. The van der Waals surface area contributed by atoms with E-state index in [0.29, 0.717) is 18.7 Å². The molecular formula is C15H25NO2. The molecule has 1 unspecified atom stereocenters. The van der Waals surface area contributed by atoms with Crippen LogP contribution in [-0.2, 0) is 6.42 Å². The average Bonchev–Trinajstić information content (AvgIpc) is 2.87. The summed E-state index contributed by atoms with van der Waals surface area (Å²) in [4.78, 5) is 0. The Morgan fingerprint density at radius 2 is 2.11 bits per heavy atom. The van der Waals surface area contributed by atoms with Crippen LogP contribution in [0.4, 0.5) is 0 Å². The predicted octanol–water partition coefficient (Wildman–Crippen LogP) is 3.17. The molecule has 18 heavy (non-hydrogen) atoms. The highest BCUT2D eigenvalue weighted by atomic mass is 16.4. The van der Waals surface area contributed by atoms with E-state index in [1.54, 1.807) is 6.26 Å². The first-order valence-corrected chi connectivity index (χ1v) is 7.25. The third-order valence-electron chi connectivity index (χ3n) is 4.01. The Morgan fingerprint density at radius 1 is 1.33 bits per heavy atom. The second-order valence-electron chi connectivity index (χ2n) is 5.49. The highest BCUT2D eigenvalue weighted by Gasteiger charge is 2.15. The highest BCUT2D eigenvalue weighted by molar-refractivity contribution is 5.14. The summed E-state index contributed by atoms with van der Waals surface area (Å²) in [6.45, 7) is 0.485. The van der Waals surface area contributed by atoms with Crippen LogP contribution in [0.1, 0.15) is 62.4 Å². The van der Waals surface area contributed by atoms with Crippen molar-refractivity contribution >= 4 is 0 Å². The van der Waals surface area contributed by atoms with Gasteiger partial charge in [0.15, 0.2) is 0 Å². The van der Waals surface area contributed by atoms with Crippen LogP contribution in [0.25, 0.3) is 0 Å². The zero-order valence-electron chi connectivity index (χ0n) is 11.1. The van der Waals surface area contributed by atoms with Crippen molar-refractivity contribution < 1.29 is 9.52 Å². The highest BCUT2D eigenvalue weighted by Crippen LogP contribution is 2.28. The SMILES string of the molecule is NCCC(O)c1cc(CCC2CCCCC2)co1. The van der Waals surface area contributed by atoms with E-state index < -0.39 is 6.10 Å². The second kappa shape index (κ2) is 6.95. The molecule has 1 aliphatic rings. The van der Waals surface area contributed by atoms with Gasteiger partial charge in [-0.15, -0.1) is 0 Å². The molecule has 1 heterocycles. The first-order chi connectivity index (χ1) is 8.79. The lowest BCUT2D eigenvalue weighted by Gasteiger charge is -2.20. The lowest BCUT2D eigenvalue weighted by atomic mass is 9.85. The summed E-state index contributed by atoms with van der Waals surface area (Å²) in [5.74, 6) is 1.56. The van der Waals surface area contributed by atoms with E-state index >= 15 is 0 Å². The van der Waals surface area contributed by atoms with E-state index in [-0.39, 0.29) is 0 Å². The van der Waals surface area contributed by atoms with E-state index in [1.807, 2.05) is 6.07 Å². The molecule has 102 valence electrons. The molecule has 0 aromatic carbocycles. The molecule has 1 aromatic rings. The molecule has 1 aromatic heterocycles. The number of nitrogens with two attached hydrogens (primary N) is 1. The largest absolute Gasteiger partial charge is 0.466 e. The van der Waals surface area contributed by atoms with Crippen LogP contribution in [0, 0.1) is 5.92 Å². The van der Waals surface area contributed by atoms with Crippen molar-refractivity contribution in [3.8, 4) is 0 Å². The summed E-state index contributed by atoms with van der Waals surface area (Å²) < 4.78 is 5.41. The van der Waals surface area contributed by atoms with Crippen molar-refractivity contribution in [1.29, 1.82) is 0 Å². The molecule has 0 radical (unpaired) electrons. The van der Waals surface area contributed by atoms with E-state index in [2.05, 4.69) is 0 Å². The van der Waals surface area contributed by atoms with Gasteiger partial charge in [0.2, 0.25) is 0 Å². The first-order valence-electron chi connectivity index (χ1n) is 7.25. The van der Waals surface area contributed by atoms with E-state index in [1.165, 1.54) is 44.1 Å². The van der Waals surface area contributed by atoms with Gasteiger partial charge in [-0.25, -0.2) is 0 Å². The van der Waals surface area contributed by atoms with Crippen molar-refractivity contribution in [3.63, 3.8) is 0 Å². The van der Waals surface area contributed by atoms with Gasteiger partial charge in [0.25, 0.3) is 0 Å². The van der Waals surface area contributed by atoms with Gasteiger partial charge in [0.1, 0.15) is 11.9 Å². The fourth-order valence-electron chi connectivity index (χ4n) is 2.85. The number of hydrogen-bond acceptors (Lipinski definition) is 3. The van der Waals surface area contributed by atoms with Gasteiger partial charge in [-0.3, -0.25) is 0 Å². The van der Waals surface area contributed by atoms with Crippen molar-refractivity contribution in [3.05, 3.63) is 23.7 Å². The number of aliphatic hydroxyl groups excluding tert-OH is 1. The zero-order chi connectivity index (χ0) is 12.8. The molecule has 3 nitrogen and oxygen atoms in total. The lowest BCUT2D eigenvalue weighted by Crippen LogP contribution is -2.07. The van der Waals surface area contributed by atoms with Gasteiger partial charge in [-0.05, 0) is 43.4 Å². The molecular weight excluding hydrogens is 226 g/mol. The van der Waals surface area contributed by atoms with E-state index in [0.717, 1.165) is 12.3 Å². The summed E-state index contributed by atoms with van der Waals surface area (Å²) >= 11 is 0. The molecule has 3 N–H and O–H groups in total. The predicted molar refractivity (Wildman–Crippen MR) is 72.2 cm³/mol. The van der Waals surface area contributed by atoms with Crippen LogP contribution < -0.4 is 5.73 Å². The minimum atomic E-state index is -0.543. The monoisotopic (exact) mass is 251 g/mol.